The van der Waals surface area contributed by atoms with Crippen LogP contribution in [0.4, 0.5) is 4.39 Å². The molecule has 0 unspecified atom stereocenters. The fourth-order valence-corrected chi connectivity index (χ4v) is 2.16. The molecule has 0 saturated heterocycles. The van der Waals surface area contributed by atoms with Crippen molar-refractivity contribution in [2.75, 3.05) is 6.54 Å². The molecule has 0 amide bonds. The van der Waals surface area contributed by atoms with E-state index in [1.807, 2.05) is 57.2 Å². The summed E-state index contributed by atoms with van der Waals surface area (Å²) in [4.78, 5) is 0. The zero-order valence-corrected chi connectivity index (χ0v) is 12.8. The van der Waals surface area contributed by atoms with Crippen LogP contribution in [0.25, 0.3) is 11.1 Å². The molecule has 2 nitrogen and oxygen atoms in total. The summed E-state index contributed by atoms with van der Waals surface area (Å²) in [5.41, 5.74) is 2.43. The minimum Gasteiger partial charge on any atom is -0.491 e. The third-order valence-electron chi connectivity index (χ3n) is 3.15. The van der Waals surface area contributed by atoms with Gasteiger partial charge in [-0.25, -0.2) is 4.39 Å². The first kappa shape index (κ1) is 15.5. The van der Waals surface area contributed by atoms with Crippen molar-refractivity contribution < 1.29 is 9.13 Å². The Labute approximate surface area is 126 Å². The lowest BCUT2D eigenvalue weighted by molar-refractivity contribution is 0.242. The summed E-state index contributed by atoms with van der Waals surface area (Å²) in [6.45, 7) is 7.56. The van der Waals surface area contributed by atoms with Gasteiger partial charge < -0.3 is 10.1 Å². The first-order valence-corrected chi connectivity index (χ1v) is 7.36. The van der Waals surface area contributed by atoms with Gasteiger partial charge in [0, 0.05) is 12.1 Å². The molecule has 112 valence electrons. The van der Waals surface area contributed by atoms with E-state index >= 15 is 0 Å². The quantitative estimate of drug-likeness (QED) is 0.850. The summed E-state index contributed by atoms with van der Waals surface area (Å²) < 4.78 is 19.8. The SMILES string of the molecule is CCNCc1ccc(-c2ccc(OC(C)C)cc2)c(F)c1. The monoisotopic (exact) mass is 287 g/mol. The maximum Gasteiger partial charge on any atom is 0.131 e. The first-order valence-electron chi connectivity index (χ1n) is 7.36. The van der Waals surface area contributed by atoms with Crippen LogP contribution < -0.4 is 10.1 Å². The maximum absolute atomic E-state index is 14.2. The van der Waals surface area contributed by atoms with E-state index in [1.54, 1.807) is 6.07 Å². The lowest BCUT2D eigenvalue weighted by atomic mass is 10.0. The van der Waals surface area contributed by atoms with E-state index in [4.69, 9.17) is 4.74 Å². The smallest absolute Gasteiger partial charge is 0.131 e. The van der Waals surface area contributed by atoms with E-state index in [2.05, 4.69) is 5.32 Å². The highest BCUT2D eigenvalue weighted by Crippen LogP contribution is 2.26. The highest BCUT2D eigenvalue weighted by atomic mass is 19.1. The standard InChI is InChI=1S/C18H22FNO/c1-4-20-12-14-5-10-17(18(19)11-14)15-6-8-16(9-7-15)21-13(2)3/h5-11,13,20H,4,12H2,1-3H3. The zero-order valence-electron chi connectivity index (χ0n) is 12.8. The lowest BCUT2D eigenvalue weighted by Crippen LogP contribution is -2.11. The second-order valence-corrected chi connectivity index (χ2v) is 5.29. The van der Waals surface area contributed by atoms with Crippen LogP contribution in [0.2, 0.25) is 0 Å². The van der Waals surface area contributed by atoms with E-state index < -0.39 is 0 Å². The Kier molecular flexibility index (Phi) is 5.34. The normalized spacial score (nSPS) is 10.9. The molecular formula is C18H22FNO. The molecule has 0 aliphatic carbocycles. The predicted molar refractivity (Wildman–Crippen MR) is 85.0 cm³/mol. The van der Waals surface area contributed by atoms with E-state index in [1.165, 1.54) is 0 Å². The molecule has 2 aromatic carbocycles. The van der Waals surface area contributed by atoms with Crippen molar-refractivity contribution in [2.24, 2.45) is 0 Å². The van der Waals surface area contributed by atoms with Crippen LogP contribution in [0.1, 0.15) is 26.3 Å². The van der Waals surface area contributed by atoms with Gasteiger partial charge in [-0.1, -0.05) is 31.2 Å². The molecule has 0 spiro atoms. The maximum atomic E-state index is 14.2. The molecule has 0 heterocycles. The summed E-state index contributed by atoms with van der Waals surface area (Å²) in [6.07, 6.45) is 0.137. The fraction of sp³-hybridized carbons (Fsp3) is 0.333. The van der Waals surface area contributed by atoms with Crippen LogP contribution in [0, 0.1) is 5.82 Å². The van der Waals surface area contributed by atoms with Gasteiger partial charge in [-0.15, -0.1) is 0 Å². The molecule has 0 bridgehead atoms. The summed E-state index contributed by atoms with van der Waals surface area (Å²) in [6, 6.07) is 12.9. The number of halogens is 1. The predicted octanol–water partition coefficient (Wildman–Crippen LogP) is 4.39. The van der Waals surface area contributed by atoms with Gasteiger partial charge >= 0.3 is 0 Å². The molecule has 1 N–H and O–H groups in total. The van der Waals surface area contributed by atoms with Crippen molar-refractivity contribution in [3.8, 4) is 16.9 Å². The fourth-order valence-electron chi connectivity index (χ4n) is 2.16. The van der Waals surface area contributed by atoms with Gasteiger partial charge in [0.15, 0.2) is 0 Å². The molecular weight excluding hydrogens is 265 g/mol. The Hall–Kier alpha value is -1.87. The Morgan fingerprint density at radius 1 is 1.10 bits per heavy atom. The minimum atomic E-state index is -0.192. The molecule has 0 radical (unpaired) electrons. The Balaban J connectivity index is 2.17. The van der Waals surface area contributed by atoms with E-state index in [0.717, 1.165) is 23.4 Å². The summed E-state index contributed by atoms with van der Waals surface area (Å²) in [7, 11) is 0. The number of benzene rings is 2. The van der Waals surface area contributed by atoms with E-state index in [9.17, 15) is 4.39 Å². The largest absolute Gasteiger partial charge is 0.491 e. The van der Waals surface area contributed by atoms with Gasteiger partial charge in [0.25, 0.3) is 0 Å². The molecule has 2 aromatic rings. The van der Waals surface area contributed by atoms with Crippen LogP contribution in [-0.4, -0.2) is 12.6 Å². The highest BCUT2D eigenvalue weighted by Gasteiger charge is 2.07. The van der Waals surface area contributed by atoms with Gasteiger partial charge in [0.05, 0.1) is 6.10 Å². The van der Waals surface area contributed by atoms with Crippen LogP contribution in [0.5, 0.6) is 5.75 Å². The number of nitrogens with one attached hydrogen (secondary N) is 1. The van der Waals surface area contributed by atoms with Crippen molar-refractivity contribution in [2.45, 2.75) is 33.4 Å². The summed E-state index contributed by atoms with van der Waals surface area (Å²) in [5.74, 6) is 0.612. The molecule has 0 aliphatic rings. The van der Waals surface area contributed by atoms with E-state index in [0.29, 0.717) is 12.1 Å². The van der Waals surface area contributed by atoms with Crippen LogP contribution in [0.15, 0.2) is 42.5 Å². The zero-order chi connectivity index (χ0) is 15.2. The molecule has 0 saturated carbocycles. The first-order chi connectivity index (χ1) is 10.1. The van der Waals surface area contributed by atoms with Gasteiger partial charge in [-0.3, -0.25) is 0 Å². The van der Waals surface area contributed by atoms with Crippen molar-refractivity contribution in [3.63, 3.8) is 0 Å². The molecule has 2 rings (SSSR count). The molecule has 0 atom stereocenters. The number of rotatable bonds is 6. The third-order valence-corrected chi connectivity index (χ3v) is 3.15. The highest BCUT2D eigenvalue weighted by molar-refractivity contribution is 5.65. The Morgan fingerprint density at radius 3 is 2.38 bits per heavy atom. The number of hydrogen-bond donors (Lipinski definition) is 1. The second kappa shape index (κ2) is 7.23. The summed E-state index contributed by atoms with van der Waals surface area (Å²) in [5, 5.41) is 3.19. The molecule has 21 heavy (non-hydrogen) atoms. The number of ether oxygens (including phenoxy) is 1. The van der Waals surface area contributed by atoms with Gasteiger partial charge in [0.1, 0.15) is 11.6 Å². The Bertz CT molecular complexity index is 578. The van der Waals surface area contributed by atoms with Crippen molar-refractivity contribution in [1.29, 1.82) is 0 Å². The molecule has 0 aliphatic heterocycles. The van der Waals surface area contributed by atoms with Gasteiger partial charge in [-0.2, -0.15) is 0 Å². The van der Waals surface area contributed by atoms with Crippen molar-refractivity contribution >= 4 is 0 Å². The van der Waals surface area contributed by atoms with Crippen LogP contribution in [-0.2, 0) is 6.54 Å². The molecule has 0 fully saturated rings. The number of hydrogen-bond acceptors (Lipinski definition) is 2. The average Bonchev–Trinajstić information content (AvgIpc) is 2.46. The van der Waals surface area contributed by atoms with Gasteiger partial charge in [-0.05, 0) is 49.7 Å². The Morgan fingerprint density at radius 2 is 1.81 bits per heavy atom. The molecule has 0 aromatic heterocycles. The molecule has 3 heteroatoms. The summed E-state index contributed by atoms with van der Waals surface area (Å²) >= 11 is 0. The topological polar surface area (TPSA) is 21.3 Å². The second-order valence-electron chi connectivity index (χ2n) is 5.29. The lowest BCUT2D eigenvalue weighted by Gasteiger charge is -2.11. The van der Waals surface area contributed by atoms with Crippen molar-refractivity contribution in [3.05, 3.63) is 53.8 Å². The van der Waals surface area contributed by atoms with Crippen LogP contribution >= 0.6 is 0 Å². The van der Waals surface area contributed by atoms with Crippen LogP contribution in [0.3, 0.4) is 0 Å². The minimum absolute atomic E-state index is 0.137. The van der Waals surface area contributed by atoms with Crippen molar-refractivity contribution in [1.82, 2.24) is 5.32 Å². The van der Waals surface area contributed by atoms with E-state index in [-0.39, 0.29) is 11.9 Å². The third kappa shape index (κ3) is 4.30. The van der Waals surface area contributed by atoms with Gasteiger partial charge in [0.2, 0.25) is 0 Å². The average molecular weight is 287 g/mol.